The van der Waals surface area contributed by atoms with Gasteiger partial charge in [0.15, 0.2) is 15.4 Å². The molecule has 1 amide bonds. The minimum atomic E-state index is -5.00. The number of ether oxygens (including phenoxy) is 1. The molecular formula is C19H14F6N2O5S. The molecule has 33 heavy (non-hydrogen) atoms. The first-order chi connectivity index (χ1) is 14.9. The fourth-order valence-electron chi connectivity index (χ4n) is 2.59. The van der Waals surface area contributed by atoms with E-state index in [0.29, 0.717) is 18.2 Å². The molecule has 0 bridgehead atoms. The number of sulfone groups is 1. The van der Waals surface area contributed by atoms with Gasteiger partial charge in [-0.1, -0.05) is 0 Å². The first-order valence-corrected chi connectivity index (χ1v) is 10.3. The summed E-state index contributed by atoms with van der Waals surface area (Å²) in [5.41, 5.74) is -5.17. The Morgan fingerprint density at radius 2 is 1.67 bits per heavy atom. The van der Waals surface area contributed by atoms with Gasteiger partial charge in [-0.2, -0.15) is 18.4 Å². The molecule has 0 saturated heterocycles. The topological polar surface area (TPSA) is 116 Å². The lowest BCUT2D eigenvalue weighted by molar-refractivity contribution is -0.274. The van der Waals surface area contributed by atoms with Crippen LogP contribution in [0.2, 0.25) is 0 Å². The van der Waals surface area contributed by atoms with E-state index in [0.717, 1.165) is 31.2 Å². The number of aliphatic hydroxyl groups is 1. The Kier molecular flexibility index (Phi) is 7.00. The number of alkyl halides is 6. The summed E-state index contributed by atoms with van der Waals surface area (Å²) in [4.78, 5) is 11.8. The van der Waals surface area contributed by atoms with Crippen molar-refractivity contribution in [2.45, 2.75) is 30.0 Å². The second kappa shape index (κ2) is 8.91. The van der Waals surface area contributed by atoms with Crippen LogP contribution < -0.4 is 10.1 Å². The highest BCUT2D eigenvalue weighted by Gasteiger charge is 2.38. The third-order valence-corrected chi connectivity index (χ3v) is 6.01. The molecule has 1 atom stereocenters. The van der Waals surface area contributed by atoms with Crippen molar-refractivity contribution < 1.29 is 49.4 Å². The Morgan fingerprint density at radius 1 is 1.09 bits per heavy atom. The van der Waals surface area contributed by atoms with Crippen molar-refractivity contribution in [1.29, 1.82) is 5.26 Å². The highest BCUT2D eigenvalue weighted by atomic mass is 32.2. The molecule has 0 aliphatic heterocycles. The number of rotatable bonds is 6. The van der Waals surface area contributed by atoms with Crippen LogP contribution in [0.15, 0.2) is 47.4 Å². The van der Waals surface area contributed by atoms with E-state index in [1.165, 1.54) is 6.07 Å². The first-order valence-electron chi connectivity index (χ1n) is 8.68. The average molecular weight is 496 g/mol. The second-order valence-corrected chi connectivity index (χ2v) is 8.87. The highest BCUT2D eigenvalue weighted by Crippen LogP contribution is 2.34. The van der Waals surface area contributed by atoms with E-state index in [9.17, 15) is 44.7 Å². The number of hydrogen-bond donors (Lipinski definition) is 2. The van der Waals surface area contributed by atoms with Gasteiger partial charge in [0.25, 0.3) is 5.91 Å². The van der Waals surface area contributed by atoms with Gasteiger partial charge in [0.05, 0.1) is 27.8 Å². The van der Waals surface area contributed by atoms with Gasteiger partial charge in [0.1, 0.15) is 5.75 Å². The van der Waals surface area contributed by atoms with Crippen LogP contribution in [0.1, 0.15) is 18.1 Å². The summed E-state index contributed by atoms with van der Waals surface area (Å²) < 4.78 is 104. The Morgan fingerprint density at radius 3 is 2.15 bits per heavy atom. The number of benzene rings is 2. The first kappa shape index (κ1) is 25.9. The van der Waals surface area contributed by atoms with E-state index in [2.05, 4.69) is 4.74 Å². The van der Waals surface area contributed by atoms with Gasteiger partial charge in [0.2, 0.25) is 0 Å². The third kappa shape index (κ3) is 6.83. The number of hydrogen-bond acceptors (Lipinski definition) is 6. The molecule has 14 heteroatoms. The molecule has 2 rings (SSSR count). The maximum Gasteiger partial charge on any atom is 0.573 e. The smallest absolute Gasteiger partial charge is 0.406 e. The molecule has 7 nitrogen and oxygen atoms in total. The minimum Gasteiger partial charge on any atom is -0.406 e. The molecule has 2 aromatic carbocycles. The molecule has 2 N–H and O–H groups in total. The molecule has 2 aromatic rings. The van der Waals surface area contributed by atoms with Crippen LogP contribution in [-0.2, 0) is 20.8 Å². The van der Waals surface area contributed by atoms with Crippen LogP contribution in [0.25, 0.3) is 0 Å². The standard InChI is InChI=1S/C19H14F6N2O5S/c1-17(29,10-33(30,31)14-6-4-13(5-7-14)32-19(23,24)25)16(28)27-12-3-2-11(9-26)15(8-12)18(20,21)22/h2-8,29H,10H2,1H3,(H,27,28). The zero-order chi connectivity index (χ0) is 25.2. The lowest BCUT2D eigenvalue weighted by Crippen LogP contribution is -2.45. The van der Waals surface area contributed by atoms with Crippen molar-refractivity contribution in [2.75, 3.05) is 11.1 Å². The van der Waals surface area contributed by atoms with Crippen LogP contribution in [0.3, 0.4) is 0 Å². The number of halogens is 6. The van der Waals surface area contributed by atoms with E-state index in [4.69, 9.17) is 5.26 Å². The number of nitrogens with one attached hydrogen (secondary N) is 1. The highest BCUT2D eigenvalue weighted by molar-refractivity contribution is 7.91. The summed E-state index contributed by atoms with van der Waals surface area (Å²) in [6.45, 7) is 0.787. The summed E-state index contributed by atoms with van der Waals surface area (Å²) in [7, 11) is -4.43. The number of nitriles is 1. The van der Waals surface area contributed by atoms with Crippen molar-refractivity contribution >= 4 is 21.4 Å². The molecule has 0 fully saturated rings. The van der Waals surface area contributed by atoms with Gasteiger partial charge in [-0.15, -0.1) is 13.2 Å². The summed E-state index contributed by atoms with van der Waals surface area (Å²) in [5, 5.41) is 21.1. The van der Waals surface area contributed by atoms with Crippen LogP contribution in [0, 0.1) is 11.3 Å². The van der Waals surface area contributed by atoms with Crippen LogP contribution in [0.4, 0.5) is 32.0 Å². The number of nitrogens with zero attached hydrogens (tertiary/aromatic N) is 1. The van der Waals surface area contributed by atoms with Gasteiger partial charge >= 0.3 is 12.5 Å². The number of carbonyl (C=O) groups excluding carboxylic acids is 1. The number of amides is 1. The summed E-state index contributed by atoms with van der Waals surface area (Å²) in [6.07, 6.45) is -9.92. The zero-order valence-corrected chi connectivity index (χ0v) is 17.3. The van der Waals surface area contributed by atoms with Crippen molar-refractivity contribution in [3.8, 4) is 11.8 Å². The van der Waals surface area contributed by atoms with Gasteiger partial charge in [-0.25, -0.2) is 8.42 Å². The van der Waals surface area contributed by atoms with Crippen molar-refractivity contribution in [3.05, 3.63) is 53.6 Å². The molecule has 0 saturated carbocycles. The molecule has 178 valence electrons. The van der Waals surface area contributed by atoms with E-state index < -0.39 is 67.1 Å². The predicted molar refractivity (Wildman–Crippen MR) is 101 cm³/mol. The summed E-state index contributed by atoms with van der Waals surface area (Å²) >= 11 is 0. The quantitative estimate of drug-likeness (QED) is 0.590. The van der Waals surface area contributed by atoms with E-state index in [1.807, 2.05) is 5.32 Å². The molecule has 0 heterocycles. The molecule has 0 spiro atoms. The van der Waals surface area contributed by atoms with Crippen LogP contribution >= 0.6 is 0 Å². The Hall–Kier alpha value is -3.31. The lowest BCUT2D eigenvalue weighted by atomic mass is 10.1. The zero-order valence-electron chi connectivity index (χ0n) is 16.5. The number of anilines is 1. The van der Waals surface area contributed by atoms with Crippen LogP contribution in [-0.4, -0.2) is 37.1 Å². The SMILES string of the molecule is CC(O)(CS(=O)(=O)c1ccc(OC(F)(F)F)cc1)C(=O)Nc1ccc(C#N)c(C(F)(F)F)c1. The molecule has 0 aromatic heterocycles. The molecular weight excluding hydrogens is 482 g/mol. The normalized spacial score (nSPS) is 14.2. The van der Waals surface area contributed by atoms with Crippen molar-refractivity contribution in [2.24, 2.45) is 0 Å². The van der Waals surface area contributed by atoms with Crippen molar-refractivity contribution in [3.63, 3.8) is 0 Å². The van der Waals surface area contributed by atoms with Gasteiger partial charge in [0, 0.05) is 5.69 Å². The molecule has 0 radical (unpaired) electrons. The molecule has 1 unspecified atom stereocenters. The predicted octanol–water partition coefficient (Wildman–Crippen LogP) is 3.64. The fourth-order valence-corrected chi connectivity index (χ4v) is 4.18. The van der Waals surface area contributed by atoms with E-state index in [1.54, 1.807) is 0 Å². The minimum absolute atomic E-state index is 0.445. The Bertz CT molecular complexity index is 1180. The maximum atomic E-state index is 13.1. The molecule has 0 aliphatic rings. The lowest BCUT2D eigenvalue weighted by Gasteiger charge is -2.22. The summed E-state index contributed by atoms with van der Waals surface area (Å²) in [5.74, 6) is -3.32. The Balaban J connectivity index is 2.21. The third-order valence-electron chi connectivity index (χ3n) is 4.08. The largest absolute Gasteiger partial charge is 0.573 e. The van der Waals surface area contributed by atoms with Gasteiger partial charge in [-0.05, 0) is 49.4 Å². The maximum absolute atomic E-state index is 13.1. The summed E-state index contributed by atoms with van der Waals surface area (Å²) in [6, 6.07) is 6.49. The molecule has 0 aliphatic carbocycles. The van der Waals surface area contributed by atoms with Crippen LogP contribution in [0.5, 0.6) is 5.75 Å². The van der Waals surface area contributed by atoms with E-state index in [-0.39, 0.29) is 0 Å². The number of carbonyl (C=O) groups is 1. The monoisotopic (exact) mass is 496 g/mol. The second-order valence-electron chi connectivity index (χ2n) is 6.88. The Labute approximate surface area is 183 Å². The average Bonchev–Trinajstić information content (AvgIpc) is 2.65. The van der Waals surface area contributed by atoms with Gasteiger partial charge in [-0.3, -0.25) is 4.79 Å². The van der Waals surface area contributed by atoms with Gasteiger partial charge < -0.3 is 15.2 Å². The van der Waals surface area contributed by atoms with E-state index >= 15 is 0 Å². The van der Waals surface area contributed by atoms with Crippen molar-refractivity contribution in [1.82, 2.24) is 0 Å². The fraction of sp³-hybridized carbons (Fsp3) is 0.263.